The molecule has 2 aliphatic heterocycles. The first-order chi connectivity index (χ1) is 10.4. The quantitative estimate of drug-likeness (QED) is 0.770. The fraction of sp³-hybridized carbons (Fsp3) is 0.125. The highest BCUT2D eigenvalue weighted by molar-refractivity contribution is 6.31. The number of carbonyl (C=O) groups is 4. The van der Waals surface area contributed by atoms with Crippen LogP contribution in [0.1, 0.15) is 12.5 Å². The summed E-state index contributed by atoms with van der Waals surface area (Å²) in [5, 5.41) is 0. The fourth-order valence-electron chi connectivity index (χ4n) is 2.45. The van der Waals surface area contributed by atoms with Crippen LogP contribution in [0.5, 0.6) is 0 Å². The van der Waals surface area contributed by atoms with Crippen LogP contribution in [0.15, 0.2) is 42.0 Å². The minimum Gasteiger partial charge on any atom is -0.269 e. The molecule has 2 heterocycles. The molecule has 0 aromatic heterocycles. The summed E-state index contributed by atoms with van der Waals surface area (Å²) in [5.41, 5.74) is 1.74. The largest absolute Gasteiger partial charge is 0.269 e. The van der Waals surface area contributed by atoms with Crippen LogP contribution in [0.4, 0.5) is 11.4 Å². The smallest absolute Gasteiger partial charge is 0.261 e. The Balaban J connectivity index is 2.05. The molecular formula is C16H12N2O4. The number of hydrogen-bond donors (Lipinski definition) is 0. The van der Waals surface area contributed by atoms with Gasteiger partial charge in [-0.1, -0.05) is 6.07 Å². The van der Waals surface area contributed by atoms with Crippen LogP contribution in [0.25, 0.3) is 0 Å². The topological polar surface area (TPSA) is 74.8 Å². The Hall–Kier alpha value is -3.02. The van der Waals surface area contributed by atoms with Crippen molar-refractivity contribution in [1.82, 2.24) is 0 Å². The Morgan fingerprint density at radius 3 is 2.00 bits per heavy atom. The number of hydrogen-bond acceptors (Lipinski definition) is 4. The van der Waals surface area contributed by atoms with Gasteiger partial charge in [0.1, 0.15) is 0 Å². The molecule has 0 saturated carbocycles. The highest BCUT2D eigenvalue weighted by Crippen LogP contribution is 2.31. The lowest BCUT2D eigenvalue weighted by Crippen LogP contribution is -2.32. The van der Waals surface area contributed by atoms with E-state index in [0.717, 1.165) is 9.80 Å². The molecule has 3 rings (SSSR count). The van der Waals surface area contributed by atoms with Crippen molar-refractivity contribution in [3.05, 3.63) is 47.6 Å². The van der Waals surface area contributed by atoms with Crippen molar-refractivity contribution in [3.8, 4) is 0 Å². The molecule has 110 valence electrons. The molecule has 0 saturated heterocycles. The van der Waals surface area contributed by atoms with Gasteiger partial charge in [-0.2, -0.15) is 0 Å². The monoisotopic (exact) mass is 296 g/mol. The van der Waals surface area contributed by atoms with Gasteiger partial charge in [0.15, 0.2) is 0 Å². The van der Waals surface area contributed by atoms with E-state index < -0.39 is 23.6 Å². The summed E-state index contributed by atoms with van der Waals surface area (Å²) in [7, 11) is 0. The highest BCUT2D eigenvalue weighted by atomic mass is 16.2. The molecule has 4 amide bonds. The second kappa shape index (κ2) is 4.77. The summed E-state index contributed by atoms with van der Waals surface area (Å²) in [6.07, 6.45) is 3.63. The van der Waals surface area contributed by atoms with E-state index in [-0.39, 0.29) is 0 Å². The lowest BCUT2D eigenvalue weighted by Gasteiger charge is -2.20. The first-order valence-corrected chi connectivity index (χ1v) is 6.63. The minimum atomic E-state index is -0.446. The van der Waals surface area contributed by atoms with Crippen LogP contribution in [0, 0.1) is 6.92 Å². The first kappa shape index (κ1) is 13.9. The number of nitrogens with zero attached hydrogens (tertiary/aromatic N) is 2. The fourth-order valence-corrected chi connectivity index (χ4v) is 2.45. The van der Waals surface area contributed by atoms with Gasteiger partial charge in [-0.25, -0.2) is 9.80 Å². The van der Waals surface area contributed by atoms with Gasteiger partial charge in [-0.3, -0.25) is 19.2 Å². The normalized spacial score (nSPS) is 17.8. The highest BCUT2D eigenvalue weighted by Gasteiger charge is 2.32. The second-order valence-electron chi connectivity index (χ2n) is 5.12. The number of amides is 4. The summed E-state index contributed by atoms with van der Waals surface area (Å²) in [4.78, 5) is 49.6. The molecule has 0 unspecified atom stereocenters. The van der Waals surface area contributed by atoms with Crippen molar-refractivity contribution in [3.63, 3.8) is 0 Å². The average Bonchev–Trinajstić information content (AvgIpc) is 2.92. The van der Waals surface area contributed by atoms with Gasteiger partial charge < -0.3 is 0 Å². The Kier molecular flexibility index (Phi) is 3.02. The van der Waals surface area contributed by atoms with E-state index in [2.05, 4.69) is 0 Å². The van der Waals surface area contributed by atoms with E-state index in [9.17, 15) is 19.2 Å². The molecule has 0 radical (unpaired) electrons. The molecule has 0 spiro atoms. The van der Waals surface area contributed by atoms with Crippen LogP contribution in [-0.2, 0) is 19.2 Å². The maximum Gasteiger partial charge on any atom is 0.261 e. The van der Waals surface area contributed by atoms with Gasteiger partial charge in [0.2, 0.25) is 0 Å². The van der Waals surface area contributed by atoms with Gasteiger partial charge in [-0.15, -0.1) is 0 Å². The van der Waals surface area contributed by atoms with Crippen molar-refractivity contribution >= 4 is 35.0 Å². The van der Waals surface area contributed by atoms with Crippen molar-refractivity contribution in [2.45, 2.75) is 13.8 Å². The van der Waals surface area contributed by atoms with Crippen molar-refractivity contribution in [2.24, 2.45) is 0 Å². The average molecular weight is 296 g/mol. The van der Waals surface area contributed by atoms with E-state index in [1.807, 2.05) is 0 Å². The maximum atomic E-state index is 12.0. The summed E-state index contributed by atoms with van der Waals surface area (Å²) < 4.78 is 0. The molecule has 0 atom stereocenters. The molecular weight excluding hydrogens is 284 g/mol. The third-order valence-corrected chi connectivity index (χ3v) is 3.60. The molecule has 22 heavy (non-hydrogen) atoms. The number of anilines is 2. The van der Waals surface area contributed by atoms with Gasteiger partial charge in [0.05, 0.1) is 11.4 Å². The number of carbonyl (C=O) groups excluding carboxylic acids is 4. The zero-order chi connectivity index (χ0) is 16.0. The molecule has 0 bridgehead atoms. The molecule has 0 N–H and O–H groups in total. The van der Waals surface area contributed by atoms with Crippen molar-refractivity contribution in [2.75, 3.05) is 9.80 Å². The standard InChI is InChI=1S/C16H12N2O4/c1-9-3-4-11(17-15(21)7-10(2)16(17)22)8-12(9)18-13(19)5-6-14(18)20/h3-8H,1-2H3. The van der Waals surface area contributed by atoms with E-state index in [1.54, 1.807) is 26.0 Å². The van der Waals surface area contributed by atoms with Crippen LogP contribution in [0.3, 0.4) is 0 Å². The number of imide groups is 2. The van der Waals surface area contributed by atoms with E-state index in [4.69, 9.17) is 0 Å². The summed E-state index contributed by atoms with van der Waals surface area (Å²) in [5.74, 6) is -1.73. The van der Waals surface area contributed by atoms with Crippen LogP contribution in [0.2, 0.25) is 0 Å². The molecule has 1 aromatic carbocycles. The van der Waals surface area contributed by atoms with Gasteiger partial charge in [0.25, 0.3) is 23.6 Å². The van der Waals surface area contributed by atoms with Gasteiger partial charge >= 0.3 is 0 Å². The number of rotatable bonds is 2. The van der Waals surface area contributed by atoms with E-state index in [1.165, 1.54) is 24.3 Å². The van der Waals surface area contributed by atoms with Crippen molar-refractivity contribution in [1.29, 1.82) is 0 Å². The third-order valence-electron chi connectivity index (χ3n) is 3.60. The van der Waals surface area contributed by atoms with E-state index in [0.29, 0.717) is 22.5 Å². The van der Waals surface area contributed by atoms with E-state index >= 15 is 0 Å². The minimum absolute atomic E-state index is 0.330. The Morgan fingerprint density at radius 2 is 1.45 bits per heavy atom. The summed E-state index contributed by atoms with van der Waals surface area (Å²) >= 11 is 0. The molecule has 6 heteroatoms. The zero-order valence-corrected chi connectivity index (χ0v) is 12.0. The lowest BCUT2D eigenvalue weighted by atomic mass is 10.1. The summed E-state index contributed by atoms with van der Waals surface area (Å²) in [6, 6.07) is 4.78. The first-order valence-electron chi connectivity index (χ1n) is 6.63. The molecule has 6 nitrogen and oxygen atoms in total. The van der Waals surface area contributed by atoms with Crippen LogP contribution in [-0.4, -0.2) is 23.6 Å². The molecule has 2 aliphatic rings. The molecule has 0 aliphatic carbocycles. The lowest BCUT2D eigenvalue weighted by molar-refractivity contribution is -0.121. The maximum absolute atomic E-state index is 12.0. The number of aryl methyl sites for hydroxylation is 1. The zero-order valence-electron chi connectivity index (χ0n) is 12.0. The van der Waals surface area contributed by atoms with Gasteiger partial charge in [0, 0.05) is 23.8 Å². The summed E-state index contributed by atoms with van der Waals surface area (Å²) in [6.45, 7) is 3.31. The number of benzene rings is 1. The van der Waals surface area contributed by atoms with Gasteiger partial charge in [-0.05, 0) is 31.5 Å². The van der Waals surface area contributed by atoms with Crippen LogP contribution < -0.4 is 9.80 Å². The predicted octanol–water partition coefficient (Wildman–Crippen LogP) is 1.24. The van der Waals surface area contributed by atoms with Crippen LogP contribution >= 0.6 is 0 Å². The SMILES string of the molecule is CC1=CC(=O)N(c2ccc(C)c(N3C(=O)C=CC3=O)c2)C1=O. The Bertz CT molecular complexity index is 786. The molecule has 0 fully saturated rings. The third kappa shape index (κ3) is 1.96. The molecule has 1 aromatic rings. The second-order valence-corrected chi connectivity index (χ2v) is 5.12. The Labute approximate surface area is 126 Å². The predicted molar refractivity (Wildman–Crippen MR) is 79.1 cm³/mol. The van der Waals surface area contributed by atoms with Crippen molar-refractivity contribution < 1.29 is 19.2 Å². The Morgan fingerprint density at radius 1 is 0.818 bits per heavy atom.